The molecule has 1 aliphatic carbocycles. The number of para-hydroxylation sites is 1. The molecule has 0 spiro atoms. The van der Waals surface area contributed by atoms with Crippen LogP contribution in [-0.2, 0) is 22.4 Å². The van der Waals surface area contributed by atoms with E-state index in [2.05, 4.69) is 10.6 Å². The van der Waals surface area contributed by atoms with E-state index in [0.29, 0.717) is 17.1 Å². The van der Waals surface area contributed by atoms with Crippen molar-refractivity contribution in [1.82, 2.24) is 4.90 Å². The minimum atomic E-state index is -0.486. The van der Waals surface area contributed by atoms with E-state index < -0.39 is 5.91 Å². The summed E-state index contributed by atoms with van der Waals surface area (Å²) >= 11 is 1.46. The Balaban J connectivity index is 1.35. The van der Waals surface area contributed by atoms with Crippen molar-refractivity contribution in [2.45, 2.75) is 32.1 Å². The Morgan fingerprint density at radius 2 is 1.90 bits per heavy atom. The normalized spacial score (nSPS) is 18.6. The molecule has 4 rings (SSSR count). The van der Waals surface area contributed by atoms with Gasteiger partial charge in [0.25, 0.3) is 5.91 Å². The number of fused-ring (bicyclic) bond motifs is 1. The molecule has 30 heavy (non-hydrogen) atoms. The third-order valence-corrected chi connectivity index (χ3v) is 6.91. The quantitative estimate of drug-likeness (QED) is 0.660. The predicted molar refractivity (Wildman–Crippen MR) is 118 cm³/mol. The number of hydrogen-bond donors (Lipinski definition) is 3. The minimum absolute atomic E-state index is 0.0167. The van der Waals surface area contributed by atoms with Crippen molar-refractivity contribution in [1.29, 1.82) is 0 Å². The second kappa shape index (κ2) is 8.97. The van der Waals surface area contributed by atoms with Gasteiger partial charge in [0.05, 0.1) is 18.0 Å². The Hall–Kier alpha value is -2.71. The molecule has 3 amide bonds. The average Bonchev–Trinajstić information content (AvgIpc) is 3.29. The summed E-state index contributed by atoms with van der Waals surface area (Å²) in [5.74, 6) is -0.836. The second-order valence-corrected chi connectivity index (χ2v) is 9.01. The fraction of sp³-hybridized carbons (Fsp3) is 0.409. The van der Waals surface area contributed by atoms with Crippen LogP contribution in [0, 0.1) is 5.92 Å². The van der Waals surface area contributed by atoms with Crippen LogP contribution in [0.4, 0.5) is 10.7 Å². The molecule has 1 fully saturated rings. The Morgan fingerprint density at radius 1 is 1.10 bits per heavy atom. The summed E-state index contributed by atoms with van der Waals surface area (Å²) in [6, 6.07) is 9.39. The molecule has 0 bridgehead atoms. The third kappa shape index (κ3) is 4.55. The number of anilines is 2. The van der Waals surface area contributed by atoms with Crippen LogP contribution in [0.5, 0.6) is 0 Å². The van der Waals surface area contributed by atoms with Gasteiger partial charge in [0.2, 0.25) is 11.8 Å². The van der Waals surface area contributed by atoms with Crippen molar-refractivity contribution in [2.24, 2.45) is 11.7 Å². The first-order valence-electron chi connectivity index (χ1n) is 10.3. The van der Waals surface area contributed by atoms with Gasteiger partial charge in [0, 0.05) is 17.1 Å². The molecular weight excluding hydrogens is 400 g/mol. The molecule has 1 aliphatic heterocycles. The number of nitrogens with one attached hydrogen (secondary N) is 2. The Morgan fingerprint density at radius 3 is 2.67 bits per heavy atom. The van der Waals surface area contributed by atoms with E-state index >= 15 is 0 Å². The van der Waals surface area contributed by atoms with Gasteiger partial charge in [-0.15, -0.1) is 11.3 Å². The summed E-state index contributed by atoms with van der Waals surface area (Å²) in [5, 5.41) is 6.40. The van der Waals surface area contributed by atoms with Crippen LogP contribution in [0.2, 0.25) is 0 Å². The molecule has 1 unspecified atom stereocenters. The summed E-state index contributed by atoms with van der Waals surface area (Å²) in [6.07, 6.45) is 4.46. The molecule has 2 aliphatic rings. The number of likely N-dealkylation sites (tertiary alicyclic amines) is 1. The fourth-order valence-corrected chi connectivity index (χ4v) is 5.61. The van der Waals surface area contributed by atoms with Crippen LogP contribution in [0.15, 0.2) is 30.3 Å². The molecule has 0 saturated carbocycles. The van der Waals surface area contributed by atoms with Gasteiger partial charge in [-0.05, 0) is 56.3 Å². The number of nitrogens with zero attached hydrogens (tertiary/aromatic N) is 1. The number of thiophene rings is 1. The number of aryl methyl sites for hydroxylation is 1. The monoisotopic (exact) mass is 426 g/mol. The maximum absolute atomic E-state index is 12.7. The number of amides is 3. The van der Waals surface area contributed by atoms with Crippen LogP contribution < -0.4 is 16.4 Å². The van der Waals surface area contributed by atoms with Crippen molar-refractivity contribution >= 4 is 39.7 Å². The Bertz CT molecular complexity index is 957. The largest absolute Gasteiger partial charge is 0.365 e. The van der Waals surface area contributed by atoms with Crippen molar-refractivity contribution in [2.75, 3.05) is 30.3 Å². The van der Waals surface area contributed by atoms with Crippen molar-refractivity contribution < 1.29 is 14.4 Å². The zero-order chi connectivity index (χ0) is 21.1. The highest BCUT2D eigenvalue weighted by Gasteiger charge is 2.29. The lowest BCUT2D eigenvalue weighted by Crippen LogP contribution is -2.44. The summed E-state index contributed by atoms with van der Waals surface area (Å²) in [6.45, 7) is 1.50. The van der Waals surface area contributed by atoms with Crippen LogP contribution in [0.3, 0.4) is 0 Å². The van der Waals surface area contributed by atoms with Crippen LogP contribution in [-0.4, -0.2) is 42.3 Å². The molecule has 8 heteroatoms. The average molecular weight is 427 g/mol. The Kier molecular flexibility index (Phi) is 6.15. The molecule has 4 N–H and O–H groups in total. The zero-order valence-electron chi connectivity index (χ0n) is 16.8. The molecule has 1 aromatic carbocycles. The molecule has 0 radical (unpaired) electrons. The first-order chi connectivity index (χ1) is 14.5. The summed E-state index contributed by atoms with van der Waals surface area (Å²) in [4.78, 5) is 40.3. The molecule has 2 aromatic rings. The number of hydrogen-bond acceptors (Lipinski definition) is 5. The van der Waals surface area contributed by atoms with E-state index in [1.165, 1.54) is 11.3 Å². The number of piperidine rings is 1. The van der Waals surface area contributed by atoms with Gasteiger partial charge in [0.15, 0.2) is 0 Å². The number of nitrogens with two attached hydrogens (primary N) is 1. The Labute approximate surface area is 179 Å². The lowest BCUT2D eigenvalue weighted by molar-refractivity contribution is -0.123. The zero-order valence-corrected chi connectivity index (χ0v) is 17.6. The number of carbonyl (C=O) groups excluding carboxylic acids is 3. The van der Waals surface area contributed by atoms with Gasteiger partial charge in [-0.3, -0.25) is 19.3 Å². The number of primary amides is 1. The van der Waals surface area contributed by atoms with Gasteiger partial charge in [-0.2, -0.15) is 0 Å². The van der Waals surface area contributed by atoms with Gasteiger partial charge >= 0.3 is 0 Å². The highest BCUT2D eigenvalue weighted by atomic mass is 32.1. The predicted octanol–water partition coefficient (Wildman–Crippen LogP) is 2.62. The van der Waals surface area contributed by atoms with Crippen molar-refractivity contribution in [3.8, 4) is 0 Å². The first-order valence-corrected chi connectivity index (χ1v) is 11.2. The number of carbonyl (C=O) groups is 3. The van der Waals surface area contributed by atoms with Crippen LogP contribution in [0.1, 0.15) is 40.1 Å². The number of rotatable bonds is 6. The lowest BCUT2D eigenvalue weighted by Gasteiger charge is -2.31. The van der Waals surface area contributed by atoms with Crippen molar-refractivity contribution in [3.63, 3.8) is 0 Å². The highest BCUT2D eigenvalue weighted by molar-refractivity contribution is 7.17. The maximum Gasteiger partial charge on any atom is 0.251 e. The smallest absolute Gasteiger partial charge is 0.251 e. The SMILES string of the molecule is NC(=O)c1c(NC(=O)CN2CCCC(C(=O)Nc3ccccc3)C2)sc2c1CCC2. The van der Waals surface area contributed by atoms with E-state index in [4.69, 9.17) is 5.73 Å². The molecule has 158 valence electrons. The topological polar surface area (TPSA) is 105 Å². The van der Waals surface area contributed by atoms with E-state index in [-0.39, 0.29) is 24.3 Å². The fourth-order valence-electron chi connectivity index (χ4n) is 4.30. The van der Waals surface area contributed by atoms with Gasteiger partial charge in [0.1, 0.15) is 5.00 Å². The second-order valence-electron chi connectivity index (χ2n) is 7.90. The lowest BCUT2D eigenvalue weighted by atomic mass is 9.97. The molecular formula is C22H26N4O3S. The molecule has 1 saturated heterocycles. The standard InChI is InChI=1S/C22H26N4O3S/c23-20(28)19-16-9-4-10-17(16)30-22(19)25-18(27)13-26-11-5-6-14(12-26)21(29)24-15-7-2-1-3-8-15/h1-3,7-8,14H,4-6,9-13H2,(H2,23,28)(H,24,29)(H,25,27). The van der Waals surface area contributed by atoms with Crippen molar-refractivity contribution in [3.05, 3.63) is 46.3 Å². The maximum atomic E-state index is 12.7. The number of benzene rings is 1. The van der Waals surface area contributed by atoms with Gasteiger partial charge in [-0.1, -0.05) is 18.2 Å². The highest BCUT2D eigenvalue weighted by Crippen LogP contribution is 2.38. The van der Waals surface area contributed by atoms with Crippen LogP contribution >= 0.6 is 11.3 Å². The van der Waals surface area contributed by atoms with E-state index in [9.17, 15) is 14.4 Å². The summed E-state index contributed by atoms with van der Waals surface area (Å²) < 4.78 is 0. The van der Waals surface area contributed by atoms with E-state index in [0.717, 1.165) is 54.8 Å². The summed E-state index contributed by atoms with van der Waals surface area (Å²) in [5.41, 5.74) is 7.82. The first kappa shape index (κ1) is 20.6. The van der Waals surface area contributed by atoms with E-state index in [1.807, 2.05) is 35.2 Å². The minimum Gasteiger partial charge on any atom is -0.365 e. The molecule has 2 heterocycles. The summed E-state index contributed by atoms with van der Waals surface area (Å²) in [7, 11) is 0. The molecule has 7 nitrogen and oxygen atoms in total. The molecule has 1 atom stereocenters. The third-order valence-electron chi connectivity index (χ3n) is 5.71. The van der Waals surface area contributed by atoms with Gasteiger partial charge < -0.3 is 16.4 Å². The molecule has 1 aromatic heterocycles. The van der Waals surface area contributed by atoms with Gasteiger partial charge in [-0.25, -0.2) is 0 Å². The van der Waals surface area contributed by atoms with E-state index in [1.54, 1.807) is 0 Å². The van der Waals surface area contributed by atoms with Crippen LogP contribution in [0.25, 0.3) is 0 Å².